The van der Waals surface area contributed by atoms with Crippen molar-refractivity contribution in [2.24, 2.45) is 0 Å². The van der Waals surface area contributed by atoms with E-state index in [1.165, 1.54) is 10.9 Å². The Balaban J connectivity index is 2.17. The predicted octanol–water partition coefficient (Wildman–Crippen LogP) is 4.37. The van der Waals surface area contributed by atoms with E-state index in [2.05, 4.69) is 29.0 Å². The van der Waals surface area contributed by atoms with E-state index < -0.39 is 0 Å². The van der Waals surface area contributed by atoms with Gasteiger partial charge in [0.05, 0.1) is 0 Å². The van der Waals surface area contributed by atoms with Gasteiger partial charge in [0.25, 0.3) is 0 Å². The van der Waals surface area contributed by atoms with Gasteiger partial charge in [-0.3, -0.25) is 4.98 Å². The molecule has 2 heterocycles. The van der Waals surface area contributed by atoms with Crippen molar-refractivity contribution >= 4 is 22.5 Å². The highest BCUT2D eigenvalue weighted by atomic mass is 35.5. The number of aromatic nitrogens is 2. The molecule has 0 aliphatic rings. The van der Waals surface area contributed by atoms with Crippen molar-refractivity contribution in [2.75, 3.05) is 0 Å². The monoisotopic (exact) mass is 256 g/mol. The summed E-state index contributed by atoms with van der Waals surface area (Å²) in [5.74, 6) is 0.224. The number of fused-ring (bicyclic) bond motifs is 1. The van der Waals surface area contributed by atoms with Crippen molar-refractivity contribution in [3.05, 3.63) is 65.1 Å². The molecule has 1 atom stereocenters. The van der Waals surface area contributed by atoms with Crippen molar-refractivity contribution in [3.8, 4) is 0 Å². The number of aromatic amines is 1. The minimum atomic E-state index is 0.224. The Hall–Kier alpha value is -1.80. The fourth-order valence-electron chi connectivity index (χ4n) is 2.35. The van der Waals surface area contributed by atoms with Crippen LogP contribution in [0.2, 0.25) is 5.15 Å². The van der Waals surface area contributed by atoms with Gasteiger partial charge in [-0.2, -0.15) is 0 Å². The van der Waals surface area contributed by atoms with Gasteiger partial charge >= 0.3 is 0 Å². The number of nitrogens with one attached hydrogen (secondary N) is 1. The van der Waals surface area contributed by atoms with Gasteiger partial charge in [-0.25, -0.2) is 0 Å². The quantitative estimate of drug-likeness (QED) is 0.725. The minimum absolute atomic E-state index is 0.224. The molecule has 3 aromatic rings. The van der Waals surface area contributed by atoms with E-state index in [4.69, 9.17) is 11.6 Å². The van der Waals surface area contributed by atoms with Gasteiger partial charge < -0.3 is 4.98 Å². The number of para-hydroxylation sites is 1. The maximum atomic E-state index is 6.34. The van der Waals surface area contributed by atoms with Crippen LogP contribution >= 0.6 is 11.6 Å². The Bertz CT molecular complexity index is 673. The molecule has 18 heavy (non-hydrogen) atoms. The normalized spacial score (nSPS) is 12.8. The van der Waals surface area contributed by atoms with Gasteiger partial charge in [0.1, 0.15) is 5.15 Å². The Morgan fingerprint density at radius 1 is 1.17 bits per heavy atom. The van der Waals surface area contributed by atoms with E-state index in [9.17, 15) is 0 Å². The van der Waals surface area contributed by atoms with Crippen LogP contribution < -0.4 is 0 Å². The Morgan fingerprint density at radius 2 is 2.00 bits per heavy atom. The molecular formula is C15H13ClN2. The van der Waals surface area contributed by atoms with E-state index >= 15 is 0 Å². The third-order valence-corrected chi connectivity index (χ3v) is 3.61. The third-order valence-electron chi connectivity index (χ3n) is 3.32. The molecule has 0 spiro atoms. The SMILES string of the molecule is CC(c1cccnc1)c1c(Cl)[nH]c2ccccc12. The summed E-state index contributed by atoms with van der Waals surface area (Å²) in [5.41, 5.74) is 3.39. The number of pyridine rings is 1. The number of H-pyrrole nitrogens is 1. The first kappa shape index (κ1) is 11.3. The van der Waals surface area contributed by atoms with Gasteiger partial charge in [0.2, 0.25) is 0 Å². The van der Waals surface area contributed by atoms with Crippen LogP contribution in [0, 0.1) is 0 Å². The first-order chi connectivity index (χ1) is 8.77. The first-order valence-electron chi connectivity index (χ1n) is 5.93. The summed E-state index contributed by atoms with van der Waals surface area (Å²) in [6, 6.07) is 12.2. The number of rotatable bonds is 2. The van der Waals surface area contributed by atoms with Crippen molar-refractivity contribution in [1.29, 1.82) is 0 Å². The van der Waals surface area contributed by atoms with E-state index in [1.807, 2.05) is 30.5 Å². The molecule has 0 saturated carbocycles. The van der Waals surface area contributed by atoms with Crippen LogP contribution in [0.15, 0.2) is 48.8 Å². The Kier molecular flexibility index (Phi) is 2.80. The van der Waals surface area contributed by atoms with Crippen LogP contribution in [0.25, 0.3) is 10.9 Å². The van der Waals surface area contributed by atoms with Crippen LogP contribution in [-0.4, -0.2) is 9.97 Å². The Labute approximate surface area is 111 Å². The average Bonchev–Trinajstić information content (AvgIpc) is 2.75. The van der Waals surface area contributed by atoms with E-state index in [1.54, 1.807) is 6.20 Å². The number of hydrogen-bond acceptors (Lipinski definition) is 1. The summed E-state index contributed by atoms with van der Waals surface area (Å²) < 4.78 is 0. The molecule has 1 unspecified atom stereocenters. The molecule has 0 bridgehead atoms. The summed E-state index contributed by atoms with van der Waals surface area (Å²) in [6.45, 7) is 2.15. The fraction of sp³-hybridized carbons (Fsp3) is 0.133. The van der Waals surface area contributed by atoms with Crippen molar-refractivity contribution in [2.45, 2.75) is 12.8 Å². The molecule has 1 aromatic carbocycles. The smallest absolute Gasteiger partial charge is 0.111 e. The van der Waals surface area contributed by atoms with Crippen LogP contribution in [0.4, 0.5) is 0 Å². The first-order valence-corrected chi connectivity index (χ1v) is 6.31. The zero-order chi connectivity index (χ0) is 12.5. The predicted molar refractivity (Wildman–Crippen MR) is 75.1 cm³/mol. The third kappa shape index (κ3) is 1.79. The van der Waals surface area contributed by atoms with Gasteiger partial charge in [0.15, 0.2) is 0 Å². The number of hydrogen-bond donors (Lipinski definition) is 1. The molecule has 0 amide bonds. The molecule has 90 valence electrons. The van der Waals surface area contributed by atoms with Crippen molar-refractivity contribution in [3.63, 3.8) is 0 Å². The zero-order valence-electron chi connectivity index (χ0n) is 10.0. The zero-order valence-corrected chi connectivity index (χ0v) is 10.8. The van der Waals surface area contributed by atoms with Crippen LogP contribution in [0.5, 0.6) is 0 Å². The molecule has 2 aromatic heterocycles. The van der Waals surface area contributed by atoms with E-state index in [0.717, 1.165) is 11.1 Å². The molecule has 1 N–H and O–H groups in total. The Morgan fingerprint density at radius 3 is 2.78 bits per heavy atom. The lowest BCUT2D eigenvalue weighted by Gasteiger charge is -2.11. The highest BCUT2D eigenvalue weighted by Gasteiger charge is 2.17. The van der Waals surface area contributed by atoms with E-state index in [-0.39, 0.29) is 5.92 Å². The molecule has 0 aliphatic heterocycles. The van der Waals surface area contributed by atoms with Gasteiger partial charge in [0, 0.05) is 34.8 Å². The molecule has 2 nitrogen and oxygen atoms in total. The molecule has 0 aliphatic carbocycles. The number of nitrogens with zero attached hydrogens (tertiary/aromatic N) is 1. The largest absolute Gasteiger partial charge is 0.345 e. The molecule has 0 saturated heterocycles. The standard InChI is InChI=1S/C15H13ClN2/c1-10(11-5-4-8-17-9-11)14-12-6-2-3-7-13(12)18-15(14)16/h2-10,18H,1H3. The molecule has 0 radical (unpaired) electrons. The van der Waals surface area contributed by atoms with Gasteiger partial charge in [-0.05, 0) is 17.7 Å². The lowest BCUT2D eigenvalue weighted by Crippen LogP contribution is -1.96. The van der Waals surface area contributed by atoms with Crippen LogP contribution in [0.3, 0.4) is 0 Å². The summed E-state index contributed by atoms with van der Waals surface area (Å²) in [5, 5.41) is 1.89. The van der Waals surface area contributed by atoms with Crippen LogP contribution in [-0.2, 0) is 0 Å². The minimum Gasteiger partial charge on any atom is -0.345 e. The van der Waals surface area contributed by atoms with Crippen molar-refractivity contribution < 1.29 is 0 Å². The van der Waals surface area contributed by atoms with Crippen LogP contribution in [0.1, 0.15) is 24.0 Å². The lowest BCUT2D eigenvalue weighted by atomic mass is 9.94. The van der Waals surface area contributed by atoms with Gasteiger partial charge in [-0.15, -0.1) is 0 Å². The van der Waals surface area contributed by atoms with Gasteiger partial charge in [-0.1, -0.05) is 42.8 Å². The lowest BCUT2D eigenvalue weighted by molar-refractivity contribution is 0.921. The second kappa shape index (κ2) is 4.46. The summed E-state index contributed by atoms with van der Waals surface area (Å²) in [4.78, 5) is 7.39. The summed E-state index contributed by atoms with van der Waals surface area (Å²) >= 11 is 6.34. The van der Waals surface area contributed by atoms with E-state index in [0.29, 0.717) is 5.15 Å². The number of halogens is 1. The average molecular weight is 257 g/mol. The number of benzene rings is 1. The molecular weight excluding hydrogens is 244 g/mol. The molecule has 3 rings (SSSR count). The summed E-state index contributed by atoms with van der Waals surface area (Å²) in [6.07, 6.45) is 3.68. The molecule has 0 fully saturated rings. The second-order valence-corrected chi connectivity index (χ2v) is 4.78. The fourth-order valence-corrected chi connectivity index (χ4v) is 2.72. The molecule has 3 heteroatoms. The topological polar surface area (TPSA) is 28.7 Å². The maximum absolute atomic E-state index is 6.34. The van der Waals surface area contributed by atoms with Crippen molar-refractivity contribution in [1.82, 2.24) is 9.97 Å². The second-order valence-electron chi connectivity index (χ2n) is 4.41. The highest BCUT2D eigenvalue weighted by molar-refractivity contribution is 6.31. The highest BCUT2D eigenvalue weighted by Crippen LogP contribution is 2.35. The maximum Gasteiger partial charge on any atom is 0.111 e. The summed E-state index contributed by atoms with van der Waals surface area (Å²) in [7, 11) is 0.